The van der Waals surface area contributed by atoms with Gasteiger partial charge in [0.15, 0.2) is 5.65 Å². The van der Waals surface area contributed by atoms with Gasteiger partial charge in [0.1, 0.15) is 17.8 Å². The summed E-state index contributed by atoms with van der Waals surface area (Å²) in [5, 5.41) is 0.490. The Balaban J connectivity index is 1.73. The number of aromatic nitrogens is 4. The molecule has 0 aliphatic rings. The van der Waals surface area contributed by atoms with Crippen LogP contribution in [0.5, 0.6) is 0 Å². The van der Waals surface area contributed by atoms with Crippen LogP contribution >= 0.6 is 0 Å². The second kappa shape index (κ2) is 5.73. The van der Waals surface area contributed by atoms with Crippen molar-refractivity contribution in [1.29, 1.82) is 0 Å². The average Bonchev–Trinajstić information content (AvgIpc) is 2.99. The lowest BCUT2D eigenvalue weighted by Gasteiger charge is -2.04. The number of rotatable bonds is 3. The van der Waals surface area contributed by atoms with E-state index in [-0.39, 0.29) is 5.56 Å². The standard InChI is InChI=1S/C18H14N4O2/c1-12-15(21-17(24-12)13-6-3-2-4-7-13)10-22-11-20-16-14(18(22)23)8-5-9-19-16/h2-9,11H,10H2,1H3. The number of hydrogen-bond acceptors (Lipinski definition) is 5. The zero-order valence-corrected chi connectivity index (χ0v) is 13.0. The predicted octanol–water partition coefficient (Wildman–Crippen LogP) is 2.80. The maximum atomic E-state index is 12.5. The number of oxazole rings is 1. The molecule has 6 nitrogen and oxygen atoms in total. The fraction of sp³-hybridized carbons (Fsp3) is 0.111. The van der Waals surface area contributed by atoms with Gasteiger partial charge in [0.25, 0.3) is 5.56 Å². The van der Waals surface area contributed by atoms with Crippen LogP contribution in [0.25, 0.3) is 22.5 Å². The van der Waals surface area contributed by atoms with Crippen molar-refractivity contribution in [2.75, 3.05) is 0 Å². The van der Waals surface area contributed by atoms with Crippen molar-refractivity contribution in [3.05, 3.63) is 76.8 Å². The molecule has 0 unspecified atom stereocenters. The highest BCUT2D eigenvalue weighted by Crippen LogP contribution is 2.21. The zero-order chi connectivity index (χ0) is 16.5. The monoisotopic (exact) mass is 318 g/mol. The van der Waals surface area contributed by atoms with Crippen LogP contribution in [-0.4, -0.2) is 19.5 Å². The molecule has 0 atom stereocenters. The Kier molecular flexibility index (Phi) is 3.42. The van der Waals surface area contributed by atoms with Crippen LogP contribution in [0.15, 0.2) is 64.2 Å². The second-order valence-corrected chi connectivity index (χ2v) is 5.44. The Bertz CT molecular complexity index is 1070. The minimum Gasteiger partial charge on any atom is -0.441 e. The van der Waals surface area contributed by atoms with Crippen molar-refractivity contribution in [3.8, 4) is 11.5 Å². The first-order valence-corrected chi connectivity index (χ1v) is 7.54. The van der Waals surface area contributed by atoms with Crippen LogP contribution in [-0.2, 0) is 6.54 Å². The van der Waals surface area contributed by atoms with E-state index in [0.717, 1.165) is 5.56 Å². The smallest absolute Gasteiger partial charge is 0.263 e. The average molecular weight is 318 g/mol. The lowest BCUT2D eigenvalue weighted by atomic mass is 10.2. The molecule has 0 N–H and O–H groups in total. The highest BCUT2D eigenvalue weighted by atomic mass is 16.4. The third-order valence-electron chi connectivity index (χ3n) is 3.83. The molecule has 3 heterocycles. The molecule has 24 heavy (non-hydrogen) atoms. The van der Waals surface area contributed by atoms with Gasteiger partial charge >= 0.3 is 0 Å². The highest BCUT2D eigenvalue weighted by Gasteiger charge is 2.13. The maximum absolute atomic E-state index is 12.5. The Morgan fingerprint density at radius 3 is 2.75 bits per heavy atom. The SMILES string of the molecule is Cc1oc(-c2ccccc2)nc1Cn1cnc2ncccc2c1=O. The van der Waals surface area contributed by atoms with E-state index in [1.165, 1.54) is 10.9 Å². The lowest BCUT2D eigenvalue weighted by molar-refractivity contribution is 0.537. The van der Waals surface area contributed by atoms with Crippen molar-refractivity contribution >= 4 is 11.0 Å². The first kappa shape index (κ1) is 14.3. The molecule has 0 spiro atoms. The van der Waals surface area contributed by atoms with Crippen molar-refractivity contribution in [2.24, 2.45) is 0 Å². The predicted molar refractivity (Wildman–Crippen MR) is 89.6 cm³/mol. The van der Waals surface area contributed by atoms with E-state index in [2.05, 4.69) is 15.0 Å². The van der Waals surface area contributed by atoms with Gasteiger partial charge in [0.05, 0.1) is 11.9 Å². The van der Waals surface area contributed by atoms with Gasteiger partial charge in [-0.2, -0.15) is 0 Å². The number of nitrogens with zero attached hydrogens (tertiary/aromatic N) is 4. The summed E-state index contributed by atoms with van der Waals surface area (Å²) in [4.78, 5) is 25.4. The van der Waals surface area contributed by atoms with Crippen molar-refractivity contribution in [3.63, 3.8) is 0 Å². The number of aryl methyl sites for hydroxylation is 1. The van der Waals surface area contributed by atoms with Gasteiger partial charge < -0.3 is 4.42 Å². The summed E-state index contributed by atoms with van der Waals surface area (Å²) in [6, 6.07) is 13.1. The van der Waals surface area contributed by atoms with Crippen molar-refractivity contribution in [2.45, 2.75) is 13.5 Å². The first-order valence-electron chi connectivity index (χ1n) is 7.54. The molecule has 6 heteroatoms. The van der Waals surface area contributed by atoms with Crippen LogP contribution in [0.1, 0.15) is 11.5 Å². The van der Waals surface area contributed by atoms with Gasteiger partial charge in [-0.05, 0) is 31.2 Å². The molecule has 0 saturated carbocycles. The van der Waals surface area contributed by atoms with E-state index in [9.17, 15) is 4.79 Å². The molecule has 3 aromatic heterocycles. The Labute approximate surface area is 137 Å². The quantitative estimate of drug-likeness (QED) is 0.581. The van der Waals surface area contributed by atoms with Gasteiger partial charge in [-0.1, -0.05) is 18.2 Å². The van der Waals surface area contributed by atoms with Crippen LogP contribution in [0.3, 0.4) is 0 Å². The van der Waals surface area contributed by atoms with Gasteiger partial charge in [-0.25, -0.2) is 15.0 Å². The third-order valence-corrected chi connectivity index (χ3v) is 3.83. The van der Waals surface area contributed by atoms with E-state index >= 15 is 0 Å². The normalized spacial score (nSPS) is 11.0. The van der Waals surface area contributed by atoms with Crippen LogP contribution < -0.4 is 5.56 Å². The third kappa shape index (κ3) is 2.48. The molecule has 0 radical (unpaired) electrons. The minimum absolute atomic E-state index is 0.142. The second-order valence-electron chi connectivity index (χ2n) is 5.44. The summed E-state index contributed by atoms with van der Waals surface area (Å²) in [6.07, 6.45) is 3.11. The summed E-state index contributed by atoms with van der Waals surface area (Å²) in [5.74, 6) is 1.23. The van der Waals surface area contributed by atoms with E-state index in [0.29, 0.717) is 34.9 Å². The molecule has 118 valence electrons. The number of pyridine rings is 1. The molecule has 0 bridgehead atoms. The summed E-state index contributed by atoms with van der Waals surface area (Å²) in [7, 11) is 0. The maximum Gasteiger partial charge on any atom is 0.263 e. The van der Waals surface area contributed by atoms with Gasteiger partial charge in [0, 0.05) is 11.8 Å². The summed E-state index contributed by atoms with van der Waals surface area (Å²) < 4.78 is 7.26. The Morgan fingerprint density at radius 2 is 1.92 bits per heavy atom. The van der Waals surface area contributed by atoms with E-state index < -0.39 is 0 Å². The van der Waals surface area contributed by atoms with Crippen molar-refractivity contribution in [1.82, 2.24) is 19.5 Å². The molecule has 0 fully saturated rings. The number of hydrogen-bond donors (Lipinski definition) is 0. The molecule has 4 aromatic rings. The van der Waals surface area contributed by atoms with Crippen LogP contribution in [0, 0.1) is 6.92 Å². The molecule has 4 rings (SSSR count). The molecular formula is C18H14N4O2. The summed E-state index contributed by atoms with van der Waals surface area (Å²) >= 11 is 0. The van der Waals surface area contributed by atoms with Gasteiger partial charge in [-0.3, -0.25) is 9.36 Å². The Hall–Kier alpha value is -3.28. The summed E-state index contributed by atoms with van der Waals surface area (Å²) in [5.41, 5.74) is 1.92. The topological polar surface area (TPSA) is 73.8 Å². The molecule has 0 amide bonds. The molecular weight excluding hydrogens is 304 g/mol. The van der Waals surface area contributed by atoms with Crippen LogP contribution in [0.4, 0.5) is 0 Å². The van der Waals surface area contributed by atoms with Gasteiger partial charge in [-0.15, -0.1) is 0 Å². The minimum atomic E-state index is -0.142. The molecule has 1 aromatic carbocycles. The first-order chi connectivity index (χ1) is 11.7. The number of benzene rings is 1. The molecule has 0 aliphatic heterocycles. The fourth-order valence-electron chi connectivity index (χ4n) is 2.55. The highest BCUT2D eigenvalue weighted by molar-refractivity contribution is 5.72. The van der Waals surface area contributed by atoms with Gasteiger partial charge in [0.2, 0.25) is 5.89 Å². The largest absolute Gasteiger partial charge is 0.441 e. The van der Waals surface area contributed by atoms with Crippen molar-refractivity contribution < 1.29 is 4.42 Å². The van der Waals surface area contributed by atoms with E-state index in [1.807, 2.05) is 37.3 Å². The van der Waals surface area contributed by atoms with E-state index in [1.54, 1.807) is 18.3 Å². The summed E-state index contributed by atoms with van der Waals surface area (Å²) in [6.45, 7) is 2.15. The van der Waals surface area contributed by atoms with Crippen LogP contribution in [0.2, 0.25) is 0 Å². The zero-order valence-electron chi connectivity index (χ0n) is 13.0. The fourth-order valence-corrected chi connectivity index (χ4v) is 2.55. The molecule has 0 aliphatic carbocycles. The lowest BCUT2D eigenvalue weighted by Crippen LogP contribution is -2.21. The van der Waals surface area contributed by atoms with E-state index in [4.69, 9.17) is 4.42 Å². The number of fused-ring (bicyclic) bond motifs is 1. The molecule has 0 saturated heterocycles. The Morgan fingerprint density at radius 1 is 1.08 bits per heavy atom.